The van der Waals surface area contributed by atoms with Gasteiger partial charge in [0, 0.05) is 69.4 Å². The van der Waals surface area contributed by atoms with Crippen molar-refractivity contribution in [2.45, 2.75) is 74.3 Å². The molecule has 13 atom stereocenters. The highest BCUT2D eigenvalue weighted by molar-refractivity contribution is 5.89. The topological polar surface area (TPSA) is 127 Å². The number of rotatable bonds is 8. The quantitative estimate of drug-likeness (QED) is 0.385. The Labute approximate surface area is 247 Å². The smallest absolute Gasteiger partial charge is 0.338 e. The number of carbonyl (C=O) groups is 1. The Bertz CT molecular complexity index is 1230. The maximum Gasteiger partial charge on any atom is 0.338 e. The lowest BCUT2D eigenvalue weighted by Crippen LogP contribution is -2.78. The SMILES string of the molecule is CCN1C[C@@]2(COC)[C@H](O)C[C@@H](OC)[C@]34[C@@H]5C[C@]6(O)[C@@H](OC)C[C@@](O)([C@H]5[C@@H]6OC(=O)c5ccc(OC)cc5)[C@H](C[C@@H]23)[C@H]14. The Morgan fingerprint density at radius 3 is 2.31 bits per heavy atom. The summed E-state index contributed by atoms with van der Waals surface area (Å²) >= 11 is 0. The molecule has 1 aromatic carbocycles. The summed E-state index contributed by atoms with van der Waals surface area (Å²) in [5.74, 6) is -0.822. The van der Waals surface area contributed by atoms with Crippen LogP contribution in [0.3, 0.4) is 0 Å². The molecule has 5 aliphatic carbocycles. The molecule has 1 aliphatic heterocycles. The van der Waals surface area contributed by atoms with Gasteiger partial charge >= 0.3 is 5.97 Å². The van der Waals surface area contributed by atoms with E-state index < -0.39 is 52.2 Å². The van der Waals surface area contributed by atoms with Gasteiger partial charge in [-0.1, -0.05) is 6.92 Å². The summed E-state index contributed by atoms with van der Waals surface area (Å²) in [6, 6.07) is 6.69. The average Bonchev–Trinajstić information content (AvgIpc) is 3.39. The first-order valence-corrected chi connectivity index (χ1v) is 15.4. The van der Waals surface area contributed by atoms with Crippen molar-refractivity contribution in [3.63, 3.8) is 0 Å². The maximum absolute atomic E-state index is 13.6. The summed E-state index contributed by atoms with van der Waals surface area (Å²) in [6.07, 6.45) is -0.842. The van der Waals surface area contributed by atoms with Crippen LogP contribution in [0.1, 0.15) is 43.0 Å². The molecule has 0 aromatic heterocycles. The van der Waals surface area contributed by atoms with Crippen LogP contribution in [-0.4, -0.2) is 116 Å². The lowest BCUT2D eigenvalue weighted by molar-refractivity contribution is -0.297. The second-order valence-electron chi connectivity index (χ2n) is 13.8. The van der Waals surface area contributed by atoms with Gasteiger partial charge in [0.1, 0.15) is 17.5 Å². The fourth-order valence-electron chi connectivity index (χ4n) is 11.7. The maximum atomic E-state index is 13.6. The molecule has 10 heteroatoms. The zero-order valence-corrected chi connectivity index (χ0v) is 25.2. The highest BCUT2D eigenvalue weighted by Crippen LogP contribution is 2.79. The summed E-state index contributed by atoms with van der Waals surface area (Å²) in [4.78, 5) is 16.0. The van der Waals surface area contributed by atoms with E-state index in [1.54, 1.807) is 52.7 Å². The number of benzene rings is 1. The molecule has 0 radical (unpaired) electrons. The Kier molecular flexibility index (Phi) is 6.62. The number of aliphatic hydroxyl groups is 3. The van der Waals surface area contributed by atoms with Gasteiger partial charge in [-0.05, 0) is 55.5 Å². The first kappa shape index (κ1) is 29.0. The highest BCUT2D eigenvalue weighted by Gasteiger charge is 2.87. The fourth-order valence-corrected chi connectivity index (χ4v) is 11.7. The minimum absolute atomic E-state index is 0.00271. The molecule has 7 bridgehead atoms. The van der Waals surface area contributed by atoms with Crippen molar-refractivity contribution in [2.75, 3.05) is 48.1 Å². The minimum atomic E-state index is -1.48. The highest BCUT2D eigenvalue weighted by atomic mass is 16.6. The number of hydrogen-bond donors (Lipinski definition) is 3. The minimum Gasteiger partial charge on any atom is -0.497 e. The van der Waals surface area contributed by atoms with Crippen LogP contribution in [0.15, 0.2) is 24.3 Å². The molecule has 5 saturated carbocycles. The number of aliphatic hydroxyl groups excluding tert-OH is 1. The van der Waals surface area contributed by atoms with Crippen LogP contribution in [0.25, 0.3) is 0 Å². The van der Waals surface area contributed by atoms with Crippen LogP contribution < -0.4 is 4.74 Å². The van der Waals surface area contributed by atoms with Gasteiger partial charge in [0.05, 0.1) is 43.2 Å². The Morgan fingerprint density at radius 1 is 0.976 bits per heavy atom. The van der Waals surface area contributed by atoms with Crippen molar-refractivity contribution in [1.82, 2.24) is 4.90 Å². The number of ether oxygens (including phenoxy) is 5. The molecular formula is C32H45NO9. The predicted molar refractivity (Wildman–Crippen MR) is 150 cm³/mol. The van der Waals surface area contributed by atoms with Gasteiger partial charge in [0.2, 0.25) is 0 Å². The van der Waals surface area contributed by atoms with Crippen molar-refractivity contribution in [3.05, 3.63) is 29.8 Å². The van der Waals surface area contributed by atoms with E-state index in [0.717, 1.165) is 6.54 Å². The van der Waals surface area contributed by atoms with E-state index in [1.807, 2.05) is 0 Å². The zero-order valence-electron chi connectivity index (χ0n) is 25.2. The molecule has 1 aromatic rings. The number of hydrogen-bond acceptors (Lipinski definition) is 10. The molecular weight excluding hydrogens is 542 g/mol. The first-order valence-electron chi connectivity index (χ1n) is 15.4. The van der Waals surface area contributed by atoms with Gasteiger partial charge in [-0.3, -0.25) is 4.90 Å². The standard InChI is InChI=1S/C32H45NO9/c1-6-33-15-29(16-38-2)21-11-19-26(33)32(21,23(40-4)12-22(29)34)20-13-31(37)24(41-5)14-30(19,36)25(20)27(31)42-28(35)17-7-9-18(39-3)10-8-17/h7-10,19-27,34,36-37H,6,11-16H2,1-5H3/t19-,20-,21+,22-,23-,24+,25-,26+,27+,29+,30+,31+,32+/m1/s1. The van der Waals surface area contributed by atoms with Crippen LogP contribution in [0.2, 0.25) is 0 Å². The number of carbonyl (C=O) groups excluding carboxylic acids is 1. The second-order valence-corrected chi connectivity index (χ2v) is 13.8. The van der Waals surface area contributed by atoms with Crippen LogP contribution in [-0.2, 0) is 18.9 Å². The number of nitrogens with zero attached hydrogens (tertiary/aromatic N) is 1. The molecule has 232 valence electrons. The molecule has 3 N–H and O–H groups in total. The molecule has 7 rings (SSSR count). The van der Waals surface area contributed by atoms with E-state index in [0.29, 0.717) is 43.7 Å². The molecule has 1 spiro atoms. The van der Waals surface area contributed by atoms with Crippen molar-refractivity contribution in [2.24, 2.45) is 34.5 Å². The summed E-state index contributed by atoms with van der Waals surface area (Å²) in [5.41, 5.74) is -3.38. The lowest BCUT2D eigenvalue weighted by atomic mass is 9.42. The first-order chi connectivity index (χ1) is 20.1. The van der Waals surface area contributed by atoms with Crippen LogP contribution in [0, 0.1) is 34.5 Å². The van der Waals surface area contributed by atoms with Gasteiger partial charge in [-0.25, -0.2) is 4.79 Å². The summed E-state index contributed by atoms with van der Waals surface area (Å²) < 4.78 is 29.6. The monoisotopic (exact) mass is 587 g/mol. The van der Waals surface area contributed by atoms with E-state index in [4.69, 9.17) is 23.7 Å². The van der Waals surface area contributed by atoms with Crippen LogP contribution >= 0.6 is 0 Å². The molecule has 10 nitrogen and oxygen atoms in total. The fraction of sp³-hybridized carbons (Fsp3) is 0.781. The van der Waals surface area contributed by atoms with E-state index in [-0.39, 0.29) is 36.3 Å². The van der Waals surface area contributed by atoms with Gasteiger partial charge in [-0.15, -0.1) is 0 Å². The number of esters is 1. The van der Waals surface area contributed by atoms with Crippen molar-refractivity contribution in [1.29, 1.82) is 0 Å². The van der Waals surface area contributed by atoms with Crippen molar-refractivity contribution >= 4 is 5.97 Å². The zero-order chi connectivity index (χ0) is 29.8. The van der Waals surface area contributed by atoms with E-state index in [9.17, 15) is 20.1 Å². The molecule has 6 fully saturated rings. The number of methoxy groups -OCH3 is 4. The van der Waals surface area contributed by atoms with Gasteiger partial charge in [0.15, 0.2) is 0 Å². The third-order valence-corrected chi connectivity index (χ3v) is 12.9. The van der Waals surface area contributed by atoms with E-state index in [1.165, 1.54) is 0 Å². The third-order valence-electron chi connectivity index (χ3n) is 12.9. The summed E-state index contributed by atoms with van der Waals surface area (Å²) in [6.45, 7) is 3.98. The summed E-state index contributed by atoms with van der Waals surface area (Å²) in [7, 11) is 6.52. The molecule has 6 aliphatic rings. The van der Waals surface area contributed by atoms with Crippen molar-refractivity contribution in [3.8, 4) is 5.75 Å². The van der Waals surface area contributed by atoms with E-state index >= 15 is 0 Å². The Balaban J connectivity index is 1.38. The van der Waals surface area contributed by atoms with E-state index in [2.05, 4.69) is 11.8 Å². The molecule has 0 unspecified atom stereocenters. The number of likely N-dealkylation sites (tertiary alicyclic amines) is 1. The van der Waals surface area contributed by atoms with Crippen molar-refractivity contribution < 1.29 is 43.8 Å². The van der Waals surface area contributed by atoms with Gasteiger partial charge in [0.25, 0.3) is 0 Å². The van der Waals surface area contributed by atoms with Crippen LogP contribution in [0.5, 0.6) is 5.75 Å². The Hall–Kier alpha value is -1.79. The lowest BCUT2D eigenvalue weighted by Gasteiger charge is -2.70. The van der Waals surface area contributed by atoms with Gasteiger partial charge in [-0.2, -0.15) is 0 Å². The summed E-state index contributed by atoms with van der Waals surface area (Å²) in [5, 5.41) is 37.2. The predicted octanol–water partition coefficient (Wildman–Crippen LogP) is 1.49. The molecule has 1 heterocycles. The average molecular weight is 588 g/mol. The van der Waals surface area contributed by atoms with Gasteiger partial charge < -0.3 is 39.0 Å². The number of fused-ring (bicyclic) bond motifs is 2. The molecule has 42 heavy (non-hydrogen) atoms. The molecule has 1 saturated heterocycles. The largest absolute Gasteiger partial charge is 0.497 e. The normalized spacial score (nSPS) is 50.0. The Morgan fingerprint density at radius 2 is 1.69 bits per heavy atom. The number of piperidine rings is 1. The third kappa shape index (κ3) is 3.27. The molecule has 0 amide bonds. The second kappa shape index (κ2) is 9.60. The van der Waals surface area contributed by atoms with Crippen LogP contribution in [0.4, 0.5) is 0 Å².